The number of hydrogen-bond donors (Lipinski definition) is 0. The third-order valence-electron chi connectivity index (χ3n) is 13.8. The van der Waals surface area contributed by atoms with Gasteiger partial charge in [0.25, 0.3) is 0 Å². The fraction of sp³-hybridized carbons (Fsp3) is 0.949. The van der Waals surface area contributed by atoms with E-state index in [0.717, 1.165) is 69.6 Å². The van der Waals surface area contributed by atoms with Gasteiger partial charge in [0.05, 0.1) is 0 Å². The Labute approximate surface area is 406 Å². The van der Waals surface area contributed by atoms with Crippen LogP contribution in [-0.2, 0) is 28.6 Å². The Morgan fingerprint density at radius 1 is 0.323 bits per heavy atom. The first-order valence-corrected chi connectivity index (χ1v) is 29.3. The van der Waals surface area contributed by atoms with Crippen LogP contribution >= 0.6 is 0 Å². The largest absolute Gasteiger partial charge is 0.462 e. The summed E-state index contributed by atoms with van der Waals surface area (Å²) < 4.78 is 16.9. The van der Waals surface area contributed by atoms with Crippen LogP contribution in [0.25, 0.3) is 0 Å². The lowest BCUT2D eigenvalue weighted by molar-refractivity contribution is -0.167. The van der Waals surface area contributed by atoms with Crippen LogP contribution < -0.4 is 0 Å². The number of esters is 3. The van der Waals surface area contributed by atoms with Gasteiger partial charge < -0.3 is 14.2 Å². The molecular weight excluding hydrogens is 805 g/mol. The Bertz CT molecular complexity index is 995. The van der Waals surface area contributed by atoms with Gasteiger partial charge in [-0.3, -0.25) is 14.4 Å². The summed E-state index contributed by atoms with van der Waals surface area (Å²) in [6, 6.07) is 0. The molecule has 65 heavy (non-hydrogen) atoms. The zero-order valence-electron chi connectivity index (χ0n) is 44.6. The van der Waals surface area contributed by atoms with Crippen LogP contribution in [0.5, 0.6) is 0 Å². The van der Waals surface area contributed by atoms with Crippen molar-refractivity contribution in [1.29, 1.82) is 0 Å². The molecule has 0 fully saturated rings. The minimum Gasteiger partial charge on any atom is -0.462 e. The average Bonchev–Trinajstić information content (AvgIpc) is 3.29. The highest BCUT2D eigenvalue weighted by molar-refractivity contribution is 5.71. The molecule has 0 saturated heterocycles. The predicted molar refractivity (Wildman–Crippen MR) is 280 cm³/mol. The van der Waals surface area contributed by atoms with E-state index >= 15 is 0 Å². The second kappa shape index (κ2) is 51.8. The van der Waals surface area contributed by atoms with E-state index in [0.29, 0.717) is 19.3 Å². The zero-order chi connectivity index (χ0) is 47.5. The normalized spacial score (nSPS) is 12.5. The molecule has 0 aromatic carbocycles. The summed E-state index contributed by atoms with van der Waals surface area (Å²) in [5.41, 5.74) is 0. The fourth-order valence-electron chi connectivity index (χ4n) is 9.02. The fourth-order valence-corrected chi connectivity index (χ4v) is 9.02. The van der Waals surface area contributed by atoms with E-state index in [1.54, 1.807) is 0 Å². The van der Waals surface area contributed by atoms with Gasteiger partial charge in [-0.1, -0.05) is 291 Å². The summed E-state index contributed by atoms with van der Waals surface area (Å²) in [6.07, 6.45) is 55.3. The molecular formula is C59H114O6. The van der Waals surface area contributed by atoms with Gasteiger partial charge in [-0.25, -0.2) is 0 Å². The second-order valence-corrected chi connectivity index (χ2v) is 21.0. The molecule has 0 aliphatic carbocycles. The number of carbonyl (C=O) groups excluding carboxylic acids is 3. The molecule has 0 spiro atoms. The van der Waals surface area contributed by atoms with Crippen molar-refractivity contribution in [3.8, 4) is 0 Å². The standard InChI is InChI=1S/C59H114O6/c1-6-8-9-10-11-12-13-14-15-16-17-18-19-23-26-29-34-39-44-49-57(60)63-52-56(65-59(62)51-46-41-36-31-32-37-42-47-54(3)4)53-64-58(61)50-45-40-35-30-27-24-21-20-22-25-28-33-38-43-48-55(5)7-2/h54-56H,6-53H2,1-5H3/t55?,56-/m1/s1. The van der Waals surface area contributed by atoms with Gasteiger partial charge in [0.1, 0.15) is 13.2 Å². The summed E-state index contributed by atoms with van der Waals surface area (Å²) in [5.74, 6) is 0.830. The second-order valence-electron chi connectivity index (χ2n) is 21.0. The summed E-state index contributed by atoms with van der Waals surface area (Å²) in [7, 11) is 0. The van der Waals surface area contributed by atoms with E-state index in [4.69, 9.17) is 14.2 Å². The molecule has 0 saturated carbocycles. The third kappa shape index (κ3) is 51.6. The minimum atomic E-state index is -0.763. The third-order valence-corrected chi connectivity index (χ3v) is 13.8. The highest BCUT2D eigenvalue weighted by Crippen LogP contribution is 2.19. The van der Waals surface area contributed by atoms with Crippen LogP contribution in [0.2, 0.25) is 0 Å². The van der Waals surface area contributed by atoms with Gasteiger partial charge >= 0.3 is 17.9 Å². The van der Waals surface area contributed by atoms with E-state index in [-0.39, 0.29) is 31.1 Å². The van der Waals surface area contributed by atoms with Crippen molar-refractivity contribution in [1.82, 2.24) is 0 Å². The molecule has 6 heteroatoms. The Kier molecular flexibility index (Phi) is 50.5. The zero-order valence-corrected chi connectivity index (χ0v) is 44.6. The lowest BCUT2D eigenvalue weighted by Crippen LogP contribution is -2.30. The number of carbonyl (C=O) groups is 3. The van der Waals surface area contributed by atoms with Crippen molar-refractivity contribution in [3.05, 3.63) is 0 Å². The molecule has 0 aromatic rings. The monoisotopic (exact) mass is 919 g/mol. The van der Waals surface area contributed by atoms with E-state index in [9.17, 15) is 14.4 Å². The number of hydrogen-bond acceptors (Lipinski definition) is 6. The molecule has 0 heterocycles. The first kappa shape index (κ1) is 63.4. The summed E-state index contributed by atoms with van der Waals surface area (Å²) in [6.45, 7) is 11.4. The van der Waals surface area contributed by atoms with Gasteiger partial charge in [-0.15, -0.1) is 0 Å². The van der Waals surface area contributed by atoms with E-state index in [1.165, 1.54) is 218 Å². The maximum Gasteiger partial charge on any atom is 0.306 e. The predicted octanol–water partition coefficient (Wildman–Crippen LogP) is 19.3. The van der Waals surface area contributed by atoms with Crippen LogP contribution in [0.15, 0.2) is 0 Å². The summed E-state index contributed by atoms with van der Waals surface area (Å²) in [5, 5.41) is 0. The summed E-state index contributed by atoms with van der Waals surface area (Å²) in [4.78, 5) is 38.1. The van der Waals surface area contributed by atoms with Crippen LogP contribution in [0.1, 0.15) is 330 Å². The van der Waals surface area contributed by atoms with Gasteiger partial charge in [0.2, 0.25) is 0 Å². The Hall–Kier alpha value is -1.59. The summed E-state index contributed by atoms with van der Waals surface area (Å²) >= 11 is 0. The first-order chi connectivity index (χ1) is 31.8. The molecule has 6 nitrogen and oxygen atoms in total. The van der Waals surface area contributed by atoms with Crippen molar-refractivity contribution in [3.63, 3.8) is 0 Å². The number of ether oxygens (including phenoxy) is 3. The molecule has 2 atom stereocenters. The quantitative estimate of drug-likeness (QED) is 0.0344. The lowest BCUT2D eigenvalue weighted by atomic mass is 9.99. The number of rotatable bonds is 53. The van der Waals surface area contributed by atoms with Crippen molar-refractivity contribution < 1.29 is 28.6 Å². The van der Waals surface area contributed by atoms with Crippen molar-refractivity contribution in [2.45, 2.75) is 336 Å². The maximum absolute atomic E-state index is 12.8. The van der Waals surface area contributed by atoms with Crippen LogP contribution in [0, 0.1) is 11.8 Å². The first-order valence-electron chi connectivity index (χ1n) is 29.3. The van der Waals surface area contributed by atoms with Crippen molar-refractivity contribution in [2.24, 2.45) is 11.8 Å². The molecule has 1 unspecified atom stereocenters. The lowest BCUT2D eigenvalue weighted by Gasteiger charge is -2.18. The molecule has 0 radical (unpaired) electrons. The molecule has 386 valence electrons. The number of unbranched alkanes of at least 4 members (excludes halogenated alkanes) is 37. The van der Waals surface area contributed by atoms with E-state index in [1.807, 2.05) is 0 Å². The van der Waals surface area contributed by atoms with Crippen molar-refractivity contribution in [2.75, 3.05) is 13.2 Å². The SMILES string of the molecule is CCCCCCCCCCCCCCCCCCCCCC(=O)OC[C@H](COC(=O)CCCCCCCCCCCCCCCCC(C)CC)OC(=O)CCCCCCCCCC(C)C. The van der Waals surface area contributed by atoms with Crippen LogP contribution in [0.3, 0.4) is 0 Å². The Balaban J connectivity index is 4.21. The maximum atomic E-state index is 12.8. The Morgan fingerprint density at radius 2 is 0.585 bits per heavy atom. The molecule has 0 bridgehead atoms. The molecule has 0 rings (SSSR count). The highest BCUT2D eigenvalue weighted by atomic mass is 16.6. The smallest absolute Gasteiger partial charge is 0.306 e. The van der Waals surface area contributed by atoms with Gasteiger partial charge in [-0.2, -0.15) is 0 Å². The minimum absolute atomic E-state index is 0.0636. The van der Waals surface area contributed by atoms with E-state index in [2.05, 4.69) is 34.6 Å². The highest BCUT2D eigenvalue weighted by Gasteiger charge is 2.19. The van der Waals surface area contributed by atoms with E-state index < -0.39 is 6.10 Å². The molecule has 0 N–H and O–H groups in total. The Morgan fingerprint density at radius 3 is 0.877 bits per heavy atom. The molecule has 0 amide bonds. The van der Waals surface area contributed by atoms with Crippen LogP contribution in [-0.4, -0.2) is 37.2 Å². The molecule has 0 aromatic heterocycles. The van der Waals surface area contributed by atoms with Crippen LogP contribution in [0.4, 0.5) is 0 Å². The van der Waals surface area contributed by atoms with Gasteiger partial charge in [0.15, 0.2) is 6.10 Å². The molecule has 0 aliphatic rings. The topological polar surface area (TPSA) is 78.9 Å². The molecule has 0 aliphatic heterocycles. The van der Waals surface area contributed by atoms with Gasteiger partial charge in [-0.05, 0) is 31.1 Å². The average molecular weight is 920 g/mol. The van der Waals surface area contributed by atoms with Gasteiger partial charge in [0, 0.05) is 19.3 Å². The van der Waals surface area contributed by atoms with Crippen molar-refractivity contribution >= 4 is 17.9 Å².